The number of nitrogens with one attached hydrogen (secondary N) is 1. The van der Waals surface area contributed by atoms with Crippen LogP contribution in [0.5, 0.6) is 17.5 Å². The first-order chi connectivity index (χ1) is 11.7. The highest BCUT2D eigenvalue weighted by Gasteiger charge is 2.08. The molecule has 0 saturated heterocycles. The van der Waals surface area contributed by atoms with E-state index in [4.69, 9.17) is 9.47 Å². The molecule has 3 rings (SSSR count). The number of nitrogens with zero attached hydrogens (tertiary/aromatic N) is 2. The minimum absolute atomic E-state index is 0.227. The van der Waals surface area contributed by atoms with E-state index in [0.29, 0.717) is 17.0 Å². The Hall–Kier alpha value is -3.41. The molecule has 0 atom stereocenters. The quantitative estimate of drug-likeness (QED) is 0.778. The maximum atomic E-state index is 12.3. The monoisotopic (exact) mass is 321 g/mol. The Morgan fingerprint density at radius 1 is 0.958 bits per heavy atom. The maximum absolute atomic E-state index is 12.3. The number of benzene rings is 2. The van der Waals surface area contributed by atoms with Crippen LogP contribution in [0.15, 0.2) is 67.0 Å². The average Bonchev–Trinajstić information content (AvgIpc) is 2.63. The third kappa shape index (κ3) is 3.86. The number of anilines is 1. The van der Waals surface area contributed by atoms with Gasteiger partial charge in [0.1, 0.15) is 11.5 Å². The fraction of sp³-hybridized carbons (Fsp3) is 0.0556. The highest BCUT2D eigenvalue weighted by Crippen LogP contribution is 2.20. The van der Waals surface area contributed by atoms with Crippen LogP contribution in [0, 0.1) is 0 Å². The molecule has 1 N–H and O–H groups in total. The van der Waals surface area contributed by atoms with E-state index >= 15 is 0 Å². The van der Waals surface area contributed by atoms with Gasteiger partial charge in [-0.15, -0.1) is 0 Å². The molecule has 2 aromatic carbocycles. The van der Waals surface area contributed by atoms with Gasteiger partial charge in [0, 0.05) is 23.6 Å². The third-order valence-corrected chi connectivity index (χ3v) is 3.20. The molecule has 24 heavy (non-hydrogen) atoms. The molecule has 0 bridgehead atoms. The van der Waals surface area contributed by atoms with Crippen LogP contribution in [-0.4, -0.2) is 23.0 Å². The summed E-state index contributed by atoms with van der Waals surface area (Å²) in [6.45, 7) is 0. The molecule has 0 aliphatic carbocycles. The Bertz CT molecular complexity index is 820. The zero-order chi connectivity index (χ0) is 16.8. The highest BCUT2D eigenvalue weighted by molar-refractivity contribution is 6.04. The molecule has 6 heteroatoms. The van der Waals surface area contributed by atoms with Gasteiger partial charge < -0.3 is 14.8 Å². The van der Waals surface area contributed by atoms with Crippen molar-refractivity contribution in [3.63, 3.8) is 0 Å². The van der Waals surface area contributed by atoms with Crippen molar-refractivity contribution in [2.45, 2.75) is 0 Å². The summed E-state index contributed by atoms with van der Waals surface area (Å²) in [7, 11) is 1.59. The van der Waals surface area contributed by atoms with Crippen LogP contribution in [0.1, 0.15) is 10.4 Å². The van der Waals surface area contributed by atoms with E-state index in [1.165, 1.54) is 0 Å². The van der Waals surface area contributed by atoms with Gasteiger partial charge in [-0.3, -0.25) is 4.79 Å². The number of hydrogen-bond donors (Lipinski definition) is 1. The summed E-state index contributed by atoms with van der Waals surface area (Å²) in [5, 5.41) is 2.82. The van der Waals surface area contributed by atoms with Gasteiger partial charge in [0.2, 0.25) is 0 Å². The molecule has 0 aliphatic rings. The van der Waals surface area contributed by atoms with E-state index in [1.54, 1.807) is 74.1 Å². The van der Waals surface area contributed by atoms with Gasteiger partial charge in [0.25, 0.3) is 5.91 Å². The van der Waals surface area contributed by atoms with E-state index in [9.17, 15) is 4.79 Å². The number of aromatic nitrogens is 2. The first-order valence-electron chi connectivity index (χ1n) is 7.25. The third-order valence-electron chi connectivity index (χ3n) is 3.20. The lowest BCUT2D eigenvalue weighted by Crippen LogP contribution is -2.11. The fourth-order valence-electron chi connectivity index (χ4n) is 2.02. The lowest BCUT2D eigenvalue weighted by molar-refractivity contribution is 0.102. The van der Waals surface area contributed by atoms with Crippen molar-refractivity contribution in [1.29, 1.82) is 0 Å². The second kappa shape index (κ2) is 7.23. The summed E-state index contributed by atoms with van der Waals surface area (Å²) >= 11 is 0. The van der Waals surface area contributed by atoms with Crippen LogP contribution in [0.2, 0.25) is 0 Å². The van der Waals surface area contributed by atoms with Crippen LogP contribution < -0.4 is 14.8 Å². The maximum Gasteiger partial charge on any atom is 0.321 e. The summed E-state index contributed by atoms with van der Waals surface area (Å²) in [6.07, 6.45) is 3.17. The van der Waals surface area contributed by atoms with Gasteiger partial charge in [-0.25, -0.2) is 9.97 Å². The standard InChI is InChI=1S/C18H15N3O3/c1-23-15-8-6-14(7-9-15)21-17(22)13-4-2-5-16(12-13)24-18-19-10-3-11-20-18/h2-12H,1H3,(H,21,22). The minimum atomic E-state index is -0.236. The zero-order valence-electron chi connectivity index (χ0n) is 13.0. The molecule has 3 aromatic rings. The molecular formula is C18H15N3O3. The Morgan fingerprint density at radius 3 is 2.42 bits per heavy atom. The van der Waals surface area contributed by atoms with Crippen LogP contribution in [0.3, 0.4) is 0 Å². The number of carbonyl (C=O) groups excluding carboxylic acids is 1. The highest BCUT2D eigenvalue weighted by atomic mass is 16.5. The van der Waals surface area contributed by atoms with Crippen molar-refractivity contribution in [2.75, 3.05) is 12.4 Å². The van der Waals surface area contributed by atoms with E-state index in [0.717, 1.165) is 5.75 Å². The Balaban J connectivity index is 1.71. The minimum Gasteiger partial charge on any atom is -0.497 e. The first kappa shape index (κ1) is 15.5. The SMILES string of the molecule is COc1ccc(NC(=O)c2cccc(Oc3ncccn3)c2)cc1. The van der Waals surface area contributed by atoms with Gasteiger partial charge in [0.05, 0.1) is 7.11 Å². The van der Waals surface area contributed by atoms with Crippen molar-refractivity contribution >= 4 is 11.6 Å². The van der Waals surface area contributed by atoms with Crippen molar-refractivity contribution in [1.82, 2.24) is 9.97 Å². The van der Waals surface area contributed by atoms with E-state index in [2.05, 4.69) is 15.3 Å². The molecular weight excluding hydrogens is 306 g/mol. The molecule has 0 unspecified atom stereocenters. The molecule has 0 spiro atoms. The molecule has 0 fully saturated rings. The first-order valence-corrected chi connectivity index (χ1v) is 7.25. The smallest absolute Gasteiger partial charge is 0.321 e. The van der Waals surface area contributed by atoms with Crippen molar-refractivity contribution in [3.8, 4) is 17.5 Å². The summed E-state index contributed by atoms with van der Waals surface area (Å²) in [6, 6.07) is 15.8. The Labute approximate surface area is 139 Å². The molecule has 0 saturated carbocycles. The molecule has 1 aromatic heterocycles. The molecule has 1 amide bonds. The van der Waals surface area contributed by atoms with Crippen LogP contribution >= 0.6 is 0 Å². The number of hydrogen-bond acceptors (Lipinski definition) is 5. The second-order valence-corrected chi connectivity index (χ2v) is 4.84. The number of ether oxygens (including phenoxy) is 2. The van der Waals surface area contributed by atoms with Crippen molar-refractivity contribution in [2.24, 2.45) is 0 Å². The molecule has 0 aliphatic heterocycles. The largest absolute Gasteiger partial charge is 0.497 e. The predicted octanol–water partition coefficient (Wildman–Crippen LogP) is 3.53. The fourth-order valence-corrected chi connectivity index (χ4v) is 2.02. The summed E-state index contributed by atoms with van der Waals surface area (Å²) < 4.78 is 10.6. The average molecular weight is 321 g/mol. The summed E-state index contributed by atoms with van der Waals surface area (Å²) in [5.74, 6) is 0.981. The summed E-state index contributed by atoms with van der Waals surface area (Å²) in [5.41, 5.74) is 1.15. The lowest BCUT2D eigenvalue weighted by atomic mass is 10.2. The molecule has 1 heterocycles. The van der Waals surface area contributed by atoms with Crippen molar-refractivity contribution in [3.05, 3.63) is 72.6 Å². The topological polar surface area (TPSA) is 73.3 Å². The number of methoxy groups -OCH3 is 1. The van der Waals surface area contributed by atoms with E-state index in [1.807, 2.05) is 0 Å². The van der Waals surface area contributed by atoms with Crippen LogP contribution in [-0.2, 0) is 0 Å². The van der Waals surface area contributed by atoms with E-state index < -0.39 is 0 Å². The second-order valence-electron chi connectivity index (χ2n) is 4.84. The van der Waals surface area contributed by atoms with Gasteiger partial charge in [-0.1, -0.05) is 6.07 Å². The van der Waals surface area contributed by atoms with Gasteiger partial charge in [-0.2, -0.15) is 0 Å². The van der Waals surface area contributed by atoms with Crippen molar-refractivity contribution < 1.29 is 14.3 Å². The molecule has 0 radical (unpaired) electrons. The predicted molar refractivity (Wildman–Crippen MR) is 89.5 cm³/mol. The van der Waals surface area contributed by atoms with Gasteiger partial charge in [0.15, 0.2) is 0 Å². The zero-order valence-corrected chi connectivity index (χ0v) is 13.0. The van der Waals surface area contributed by atoms with Gasteiger partial charge >= 0.3 is 6.01 Å². The number of carbonyl (C=O) groups is 1. The Morgan fingerprint density at radius 2 is 1.71 bits per heavy atom. The van der Waals surface area contributed by atoms with E-state index in [-0.39, 0.29) is 11.9 Å². The normalized spacial score (nSPS) is 10.0. The number of rotatable bonds is 5. The molecule has 6 nitrogen and oxygen atoms in total. The van der Waals surface area contributed by atoms with Gasteiger partial charge in [-0.05, 0) is 48.5 Å². The van der Waals surface area contributed by atoms with Crippen LogP contribution in [0.4, 0.5) is 5.69 Å². The number of amides is 1. The Kier molecular flexibility index (Phi) is 4.67. The lowest BCUT2D eigenvalue weighted by Gasteiger charge is -2.08. The molecule has 120 valence electrons. The summed E-state index contributed by atoms with van der Waals surface area (Å²) in [4.78, 5) is 20.3. The van der Waals surface area contributed by atoms with Crippen LogP contribution in [0.25, 0.3) is 0 Å².